The molecule has 2 atom stereocenters. The van der Waals surface area contributed by atoms with Crippen LogP contribution in [0.4, 0.5) is 0 Å². The maximum atomic E-state index is 9.52. The standard InChI is InChI=1S/C8H11BrN2O2/c1-5-10-3-6(4-11-5)8(13)7(12)2-9/h3-4,7-8,12-13H,2H2,1H3. The molecule has 0 spiro atoms. The van der Waals surface area contributed by atoms with E-state index in [1.54, 1.807) is 6.92 Å². The van der Waals surface area contributed by atoms with Crippen molar-refractivity contribution in [2.24, 2.45) is 0 Å². The van der Waals surface area contributed by atoms with Crippen molar-refractivity contribution in [2.45, 2.75) is 19.1 Å². The highest BCUT2D eigenvalue weighted by Gasteiger charge is 2.17. The lowest BCUT2D eigenvalue weighted by Crippen LogP contribution is -2.19. The van der Waals surface area contributed by atoms with Gasteiger partial charge in [-0.3, -0.25) is 0 Å². The van der Waals surface area contributed by atoms with Crippen LogP contribution in [0.3, 0.4) is 0 Å². The van der Waals surface area contributed by atoms with E-state index in [0.717, 1.165) is 0 Å². The smallest absolute Gasteiger partial charge is 0.125 e. The Morgan fingerprint density at radius 2 is 1.92 bits per heavy atom. The number of halogens is 1. The number of aromatic nitrogens is 2. The Morgan fingerprint density at radius 3 is 2.38 bits per heavy atom. The molecule has 2 unspecified atom stereocenters. The number of hydrogen-bond donors (Lipinski definition) is 2. The molecule has 0 aliphatic heterocycles. The first-order valence-corrected chi connectivity index (χ1v) is 4.98. The van der Waals surface area contributed by atoms with Crippen molar-refractivity contribution in [3.05, 3.63) is 23.8 Å². The lowest BCUT2D eigenvalue weighted by molar-refractivity contribution is 0.0338. The Kier molecular flexibility index (Phi) is 3.77. The van der Waals surface area contributed by atoms with Gasteiger partial charge in [-0.15, -0.1) is 0 Å². The van der Waals surface area contributed by atoms with E-state index in [4.69, 9.17) is 0 Å². The summed E-state index contributed by atoms with van der Waals surface area (Å²) in [6, 6.07) is 0. The minimum absolute atomic E-state index is 0.321. The first-order valence-electron chi connectivity index (χ1n) is 3.85. The second kappa shape index (κ2) is 4.64. The molecule has 1 aromatic heterocycles. The van der Waals surface area contributed by atoms with Crippen molar-refractivity contribution >= 4 is 15.9 Å². The summed E-state index contributed by atoms with van der Waals surface area (Å²) in [5.41, 5.74) is 0.526. The van der Waals surface area contributed by atoms with Gasteiger partial charge >= 0.3 is 0 Å². The second-order valence-corrected chi connectivity index (χ2v) is 3.38. The number of nitrogens with zero attached hydrogens (tertiary/aromatic N) is 2. The van der Waals surface area contributed by atoms with Gasteiger partial charge in [0, 0.05) is 23.3 Å². The number of alkyl halides is 1. The van der Waals surface area contributed by atoms with Gasteiger partial charge in [-0.2, -0.15) is 0 Å². The number of aryl methyl sites for hydroxylation is 1. The first-order chi connectivity index (χ1) is 6.15. The van der Waals surface area contributed by atoms with E-state index in [9.17, 15) is 10.2 Å². The third kappa shape index (κ3) is 2.72. The fourth-order valence-electron chi connectivity index (χ4n) is 0.862. The summed E-state index contributed by atoms with van der Waals surface area (Å²) in [5.74, 6) is 0.643. The average molecular weight is 247 g/mol. The molecule has 0 bridgehead atoms. The molecule has 72 valence electrons. The summed E-state index contributed by atoms with van der Waals surface area (Å²) < 4.78 is 0. The summed E-state index contributed by atoms with van der Waals surface area (Å²) >= 11 is 3.08. The molecule has 0 saturated carbocycles. The van der Waals surface area contributed by atoms with E-state index < -0.39 is 12.2 Å². The maximum Gasteiger partial charge on any atom is 0.125 e. The summed E-state index contributed by atoms with van der Waals surface area (Å²) in [6.45, 7) is 1.76. The Morgan fingerprint density at radius 1 is 1.38 bits per heavy atom. The van der Waals surface area contributed by atoms with Gasteiger partial charge in [0.2, 0.25) is 0 Å². The van der Waals surface area contributed by atoms with E-state index in [0.29, 0.717) is 16.7 Å². The summed E-state index contributed by atoms with van der Waals surface area (Å²) in [7, 11) is 0. The van der Waals surface area contributed by atoms with Gasteiger partial charge in [-0.05, 0) is 6.92 Å². The zero-order chi connectivity index (χ0) is 9.84. The fourth-order valence-corrected chi connectivity index (χ4v) is 1.22. The van der Waals surface area contributed by atoms with Gasteiger partial charge in [0.05, 0.1) is 6.10 Å². The zero-order valence-corrected chi connectivity index (χ0v) is 8.77. The highest BCUT2D eigenvalue weighted by molar-refractivity contribution is 9.09. The Hall–Kier alpha value is -0.520. The minimum atomic E-state index is -0.931. The van der Waals surface area contributed by atoms with Crippen molar-refractivity contribution in [3.63, 3.8) is 0 Å². The van der Waals surface area contributed by atoms with E-state index in [-0.39, 0.29) is 0 Å². The second-order valence-electron chi connectivity index (χ2n) is 2.73. The van der Waals surface area contributed by atoms with Gasteiger partial charge in [-0.1, -0.05) is 15.9 Å². The predicted molar refractivity (Wildman–Crippen MR) is 51.5 cm³/mol. The molecule has 0 aromatic carbocycles. The molecule has 0 aliphatic carbocycles. The third-order valence-electron chi connectivity index (χ3n) is 1.66. The molecule has 4 nitrogen and oxygen atoms in total. The van der Waals surface area contributed by atoms with Crippen LogP contribution in [0.1, 0.15) is 17.5 Å². The molecule has 0 saturated heterocycles. The van der Waals surface area contributed by atoms with E-state index >= 15 is 0 Å². The molecule has 1 aromatic rings. The van der Waals surface area contributed by atoms with Crippen LogP contribution in [0.15, 0.2) is 12.4 Å². The minimum Gasteiger partial charge on any atom is -0.389 e. The number of aliphatic hydroxyl groups excluding tert-OH is 2. The predicted octanol–water partition coefficient (Wildman–Crippen LogP) is 0.574. The summed E-state index contributed by atoms with van der Waals surface area (Å²) in [6.07, 6.45) is 1.27. The normalized spacial score (nSPS) is 15.4. The third-order valence-corrected chi connectivity index (χ3v) is 2.33. The van der Waals surface area contributed by atoms with Gasteiger partial charge in [-0.25, -0.2) is 9.97 Å². The van der Waals surface area contributed by atoms with E-state index in [1.165, 1.54) is 12.4 Å². The summed E-state index contributed by atoms with van der Waals surface area (Å²) in [4.78, 5) is 7.84. The number of aliphatic hydroxyl groups is 2. The van der Waals surface area contributed by atoms with Crippen molar-refractivity contribution in [3.8, 4) is 0 Å². The van der Waals surface area contributed by atoms with Crippen molar-refractivity contribution in [2.75, 3.05) is 5.33 Å². The van der Waals surface area contributed by atoms with Gasteiger partial charge in [0.25, 0.3) is 0 Å². The molecule has 0 radical (unpaired) electrons. The Bertz CT molecular complexity index is 265. The van der Waals surface area contributed by atoms with E-state index in [2.05, 4.69) is 25.9 Å². The largest absolute Gasteiger partial charge is 0.389 e. The van der Waals surface area contributed by atoms with Gasteiger partial charge in [0.15, 0.2) is 0 Å². The van der Waals surface area contributed by atoms with Crippen LogP contribution in [0.2, 0.25) is 0 Å². The van der Waals surface area contributed by atoms with Crippen LogP contribution in [0, 0.1) is 6.92 Å². The van der Waals surface area contributed by atoms with Crippen LogP contribution >= 0.6 is 15.9 Å². The lowest BCUT2D eigenvalue weighted by atomic mass is 10.1. The SMILES string of the molecule is Cc1ncc(C(O)C(O)CBr)cn1. The molecular formula is C8H11BrN2O2. The molecule has 2 N–H and O–H groups in total. The van der Waals surface area contributed by atoms with E-state index in [1.807, 2.05) is 0 Å². The van der Waals surface area contributed by atoms with Crippen LogP contribution in [0.25, 0.3) is 0 Å². The fraction of sp³-hybridized carbons (Fsp3) is 0.500. The van der Waals surface area contributed by atoms with Gasteiger partial charge < -0.3 is 10.2 Å². The zero-order valence-electron chi connectivity index (χ0n) is 7.18. The highest BCUT2D eigenvalue weighted by atomic mass is 79.9. The Balaban J connectivity index is 2.77. The monoisotopic (exact) mass is 246 g/mol. The molecule has 0 amide bonds. The van der Waals surface area contributed by atoms with Crippen LogP contribution in [-0.4, -0.2) is 31.6 Å². The topological polar surface area (TPSA) is 66.2 Å². The van der Waals surface area contributed by atoms with Crippen LogP contribution in [0.5, 0.6) is 0 Å². The van der Waals surface area contributed by atoms with Crippen LogP contribution < -0.4 is 0 Å². The van der Waals surface area contributed by atoms with Crippen molar-refractivity contribution in [1.82, 2.24) is 9.97 Å². The number of hydrogen-bond acceptors (Lipinski definition) is 4. The quantitative estimate of drug-likeness (QED) is 0.766. The Labute approximate surface area is 84.8 Å². The average Bonchev–Trinajstić information content (AvgIpc) is 2.17. The van der Waals surface area contributed by atoms with Crippen molar-refractivity contribution < 1.29 is 10.2 Å². The molecule has 0 aliphatic rings. The highest BCUT2D eigenvalue weighted by Crippen LogP contribution is 2.16. The molecule has 5 heteroatoms. The number of rotatable bonds is 3. The van der Waals surface area contributed by atoms with Crippen LogP contribution in [-0.2, 0) is 0 Å². The molecule has 0 fully saturated rings. The molecular weight excluding hydrogens is 236 g/mol. The van der Waals surface area contributed by atoms with Crippen molar-refractivity contribution in [1.29, 1.82) is 0 Å². The molecule has 1 heterocycles. The summed E-state index contributed by atoms with van der Waals surface area (Å²) in [5, 5.41) is 19.1. The maximum absolute atomic E-state index is 9.52. The van der Waals surface area contributed by atoms with Gasteiger partial charge in [0.1, 0.15) is 11.9 Å². The lowest BCUT2D eigenvalue weighted by Gasteiger charge is -2.14. The molecule has 1 rings (SSSR count). The molecule has 13 heavy (non-hydrogen) atoms. The first kappa shape index (κ1) is 10.6.